The fourth-order valence-electron chi connectivity index (χ4n) is 6.04. The Kier molecular flexibility index (Phi) is 7.83. The van der Waals surface area contributed by atoms with Crippen LogP contribution in [0.25, 0.3) is 10.8 Å². The van der Waals surface area contributed by atoms with Crippen molar-refractivity contribution < 1.29 is 31.5 Å². The van der Waals surface area contributed by atoms with Gasteiger partial charge < -0.3 is 20.7 Å². The van der Waals surface area contributed by atoms with Crippen LogP contribution in [-0.2, 0) is 31.8 Å². The summed E-state index contributed by atoms with van der Waals surface area (Å²) in [5.74, 6) is -3.62. The second kappa shape index (κ2) is 11.5. The van der Waals surface area contributed by atoms with E-state index in [-0.39, 0.29) is 39.4 Å². The van der Waals surface area contributed by atoms with Crippen molar-refractivity contribution in [2.75, 3.05) is 30.0 Å². The van der Waals surface area contributed by atoms with E-state index in [1.54, 1.807) is 24.4 Å². The van der Waals surface area contributed by atoms with Crippen molar-refractivity contribution in [3.63, 3.8) is 0 Å². The minimum Gasteiger partial charge on any atom is -0.442 e. The number of sulfone groups is 1. The minimum absolute atomic E-state index is 0.0440. The van der Waals surface area contributed by atoms with E-state index in [2.05, 4.69) is 15.6 Å². The van der Waals surface area contributed by atoms with Crippen LogP contribution >= 0.6 is 0 Å². The summed E-state index contributed by atoms with van der Waals surface area (Å²) in [6.07, 6.45) is 1.52. The van der Waals surface area contributed by atoms with Crippen LogP contribution in [0.4, 0.5) is 30.8 Å². The van der Waals surface area contributed by atoms with Gasteiger partial charge in [-0.1, -0.05) is 12.1 Å². The highest BCUT2D eigenvalue weighted by atomic mass is 32.2. The molecule has 0 saturated heterocycles. The van der Waals surface area contributed by atoms with Gasteiger partial charge in [0.2, 0.25) is 5.91 Å². The molecule has 0 spiro atoms. The number of benzene rings is 3. The highest BCUT2D eigenvalue weighted by molar-refractivity contribution is 7.92. The Balaban J connectivity index is 1.47. The number of alkyl halides is 2. The van der Waals surface area contributed by atoms with E-state index in [1.807, 2.05) is 6.07 Å². The molecule has 4 N–H and O–H groups in total. The molecule has 1 aliphatic carbocycles. The molecular formula is C33H33F2N5O5S. The molecule has 4 bridgehead atoms. The predicted molar refractivity (Wildman–Crippen MR) is 170 cm³/mol. The molecule has 2 aliphatic heterocycles. The number of aromatic nitrogens is 1. The number of anilines is 3. The number of nitrogens with two attached hydrogens (primary N) is 1. The summed E-state index contributed by atoms with van der Waals surface area (Å²) in [6, 6.07) is 13.3. The number of halogens is 2. The average Bonchev–Trinajstić information content (AvgIpc) is 3.84. The van der Waals surface area contributed by atoms with E-state index >= 15 is 8.78 Å². The number of aryl methyl sites for hydroxylation is 2. The maximum atomic E-state index is 15.5. The van der Waals surface area contributed by atoms with Gasteiger partial charge in [-0.15, -0.1) is 0 Å². The summed E-state index contributed by atoms with van der Waals surface area (Å²) in [5, 5.41) is 6.67. The first-order chi connectivity index (χ1) is 21.7. The van der Waals surface area contributed by atoms with Gasteiger partial charge in [-0.2, -0.15) is 8.78 Å². The number of carbonyl (C=O) groups excluding carboxylic acids is 2. The first kappa shape index (κ1) is 31.2. The Morgan fingerprint density at radius 1 is 1.04 bits per heavy atom. The number of pyridine rings is 1. The van der Waals surface area contributed by atoms with E-state index in [0.717, 1.165) is 10.8 Å². The van der Waals surface area contributed by atoms with Crippen molar-refractivity contribution in [1.82, 2.24) is 9.88 Å². The number of hydrogen-bond acceptors (Lipinski definition) is 8. The van der Waals surface area contributed by atoms with Crippen molar-refractivity contribution in [1.29, 1.82) is 0 Å². The molecule has 240 valence electrons. The van der Waals surface area contributed by atoms with Gasteiger partial charge in [0.15, 0.2) is 16.4 Å². The van der Waals surface area contributed by atoms with Gasteiger partial charge in [-0.25, -0.2) is 18.2 Å². The van der Waals surface area contributed by atoms with E-state index in [4.69, 9.17) is 10.5 Å². The predicted octanol–water partition coefficient (Wildman–Crippen LogP) is 5.84. The number of likely N-dealkylation sites (N-methyl/N-ethyl adjacent to an activating group) is 1. The molecule has 3 heterocycles. The summed E-state index contributed by atoms with van der Waals surface area (Å²) in [7, 11) is -2.16. The maximum absolute atomic E-state index is 15.5. The van der Waals surface area contributed by atoms with Gasteiger partial charge in [-0.3, -0.25) is 10.1 Å². The monoisotopic (exact) mass is 649 g/mol. The van der Waals surface area contributed by atoms with Crippen LogP contribution in [-0.4, -0.2) is 49.2 Å². The Bertz CT molecular complexity index is 1970. The van der Waals surface area contributed by atoms with Gasteiger partial charge in [-0.05, 0) is 96.8 Å². The van der Waals surface area contributed by atoms with E-state index < -0.39 is 45.7 Å². The van der Waals surface area contributed by atoms with Crippen LogP contribution in [0.3, 0.4) is 0 Å². The smallest absolute Gasteiger partial charge is 0.411 e. The maximum Gasteiger partial charge on any atom is 0.411 e. The number of ether oxygens (including phenoxy) is 1. The van der Waals surface area contributed by atoms with Crippen LogP contribution in [0, 0.1) is 13.8 Å². The minimum atomic E-state index is -3.70. The van der Waals surface area contributed by atoms with E-state index in [9.17, 15) is 18.0 Å². The van der Waals surface area contributed by atoms with Crippen LogP contribution in [0.1, 0.15) is 46.7 Å². The third-order valence-corrected chi connectivity index (χ3v) is 10.7. The Hall–Kier alpha value is -4.78. The summed E-state index contributed by atoms with van der Waals surface area (Å²) in [4.78, 5) is 32.4. The second-order valence-electron chi connectivity index (χ2n) is 11.9. The second-order valence-corrected chi connectivity index (χ2v) is 14.1. The Labute approximate surface area is 264 Å². The number of carbonyl (C=O) groups is 2. The fraction of sp³-hybridized carbons (Fsp3) is 0.303. The summed E-state index contributed by atoms with van der Waals surface area (Å²) in [5.41, 5.74) is 7.54. The van der Waals surface area contributed by atoms with Crippen molar-refractivity contribution in [3.8, 4) is 0 Å². The number of nitrogen functional groups attached to an aromatic ring is 1. The molecule has 3 aliphatic rings. The number of nitrogens with one attached hydrogen (secondary N) is 2. The van der Waals surface area contributed by atoms with Crippen LogP contribution in [0.15, 0.2) is 65.7 Å². The van der Waals surface area contributed by atoms with Crippen molar-refractivity contribution in [3.05, 3.63) is 88.6 Å². The van der Waals surface area contributed by atoms with Crippen LogP contribution in [0.2, 0.25) is 0 Å². The summed E-state index contributed by atoms with van der Waals surface area (Å²) in [6.45, 7) is 1.69. The van der Waals surface area contributed by atoms with Crippen molar-refractivity contribution in [2.45, 2.75) is 55.3 Å². The zero-order valence-corrected chi connectivity index (χ0v) is 26.3. The normalized spacial score (nSPS) is 18.7. The molecule has 0 unspecified atom stereocenters. The van der Waals surface area contributed by atoms with Crippen LogP contribution < -0.4 is 16.4 Å². The standard InChI is InChI=1S/C33H33F2N5O5S/c1-18-12-21-13-19(2)28(18)33(34,35)17-45-32(42)39-24-5-9-27(46(43,44)25-6-7-25)22(15-24)16-40(3)31(41)29(21)38-23-4-8-26-20(14-23)10-11-37-30(26)36/h4-5,8-15,25,29,38H,6-7,16-17H2,1-3H3,(H2,36,37)(H,39,42)/t29-/m1/s1. The lowest BCUT2D eigenvalue weighted by Crippen LogP contribution is -2.36. The van der Waals surface area contributed by atoms with E-state index in [0.29, 0.717) is 29.9 Å². The summed E-state index contributed by atoms with van der Waals surface area (Å²) < 4.78 is 62.7. The zero-order chi connectivity index (χ0) is 33.0. The molecule has 3 aromatic carbocycles. The molecule has 1 atom stereocenters. The number of rotatable bonds is 4. The largest absolute Gasteiger partial charge is 0.442 e. The Morgan fingerprint density at radius 2 is 1.76 bits per heavy atom. The molecule has 4 aromatic rings. The third-order valence-electron chi connectivity index (χ3n) is 8.35. The number of amides is 2. The van der Waals surface area contributed by atoms with Gasteiger partial charge in [0, 0.05) is 42.1 Å². The first-order valence-electron chi connectivity index (χ1n) is 14.7. The lowest BCUT2D eigenvalue weighted by atomic mass is 9.91. The molecule has 1 fully saturated rings. The first-order valence-corrected chi connectivity index (χ1v) is 16.2. The van der Waals surface area contributed by atoms with Crippen LogP contribution in [0.5, 0.6) is 0 Å². The quantitative estimate of drug-likeness (QED) is 0.250. The fourth-order valence-corrected chi connectivity index (χ4v) is 7.90. The van der Waals surface area contributed by atoms with Gasteiger partial charge in [0.25, 0.3) is 0 Å². The van der Waals surface area contributed by atoms with Crippen molar-refractivity contribution >= 4 is 49.8 Å². The molecule has 1 saturated carbocycles. The highest BCUT2D eigenvalue weighted by Gasteiger charge is 2.40. The number of fused-ring (bicyclic) bond motifs is 10. The molecule has 10 nitrogen and oxygen atoms in total. The van der Waals surface area contributed by atoms with Gasteiger partial charge in [0.05, 0.1) is 10.1 Å². The molecule has 13 heteroatoms. The molecule has 46 heavy (non-hydrogen) atoms. The summed E-state index contributed by atoms with van der Waals surface area (Å²) >= 11 is 0. The molecule has 7 rings (SSSR count). The van der Waals surface area contributed by atoms with Crippen molar-refractivity contribution in [2.24, 2.45) is 0 Å². The SMILES string of the molecule is Cc1cc2cc(C)c1C(F)(F)COC(=O)Nc1ccc(S(=O)(=O)C3CC3)c(c1)CN(C)C(=O)[C@@H]2Nc1ccc2c(N)nccc2c1. The molecule has 0 radical (unpaired) electrons. The lowest BCUT2D eigenvalue weighted by Gasteiger charge is -2.29. The lowest BCUT2D eigenvalue weighted by molar-refractivity contribution is -0.131. The number of nitrogens with zero attached hydrogens (tertiary/aromatic N) is 2. The van der Waals surface area contributed by atoms with Gasteiger partial charge in [0.1, 0.15) is 11.9 Å². The Morgan fingerprint density at radius 3 is 2.46 bits per heavy atom. The third kappa shape index (κ3) is 5.94. The van der Waals surface area contributed by atoms with Gasteiger partial charge >= 0.3 is 12.0 Å². The molecule has 1 aromatic heterocycles. The highest BCUT2D eigenvalue weighted by Crippen LogP contribution is 2.38. The zero-order valence-electron chi connectivity index (χ0n) is 25.4. The number of hydrogen-bond donors (Lipinski definition) is 3. The average molecular weight is 650 g/mol. The topological polar surface area (TPSA) is 144 Å². The molecule has 2 amide bonds. The molecular weight excluding hydrogens is 616 g/mol. The van der Waals surface area contributed by atoms with E-state index in [1.165, 1.54) is 56.1 Å².